The van der Waals surface area contributed by atoms with Gasteiger partial charge in [0.2, 0.25) is 10.0 Å². The number of nitrogen functional groups attached to an aromatic ring is 1. The normalized spacial score (nSPS) is 16.2. The molecule has 1 atom stereocenters. The summed E-state index contributed by atoms with van der Waals surface area (Å²) < 4.78 is 29.7. The summed E-state index contributed by atoms with van der Waals surface area (Å²) in [6.07, 6.45) is 2.22. The molecule has 5 rings (SSSR count). The minimum absolute atomic E-state index is 0.0254. The van der Waals surface area contributed by atoms with E-state index in [1.807, 2.05) is 35.0 Å². The molecule has 1 aliphatic rings. The number of pyridine rings is 1. The van der Waals surface area contributed by atoms with E-state index in [0.29, 0.717) is 30.0 Å². The Labute approximate surface area is 218 Å². The van der Waals surface area contributed by atoms with E-state index >= 15 is 0 Å². The van der Waals surface area contributed by atoms with Gasteiger partial charge in [0.1, 0.15) is 16.4 Å². The molecular formula is C25H25ClN6O4S. The molecule has 4 aromatic rings. The smallest absolute Gasteiger partial charge is 0.407 e. The van der Waals surface area contributed by atoms with Gasteiger partial charge in [0, 0.05) is 31.4 Å². The van der Waals surface area contributed by atoms with Crippen LogP contribution in [0.25, 0.3) is 22.2 Å². The number of hydrogen-bond acceptors (Lipinski definition) is 6. The highest BCUT2D eigenvalue weighted by molar-refractivity contribution is 7.89. The van der Waals surface area contributed by atoms with Gasteiger partial charge in [0.25, 0.3) is 0 Å². The summed E-state index contributed by atoms with van der Waals surface area (Å²) >= 11 is 6.05. The number of anilines is 1. The standard InChI is InChI=1S/C25H25ClN6O4S/c26-19-5-1-2-6-21(19)37(35,36)29-14-16-7-9-17(10-8-16)23-22-20(11-12-28-24(22)27)32(30-23)18-4-3-13-31(15-18)25(33)34/h1-2,5-12,18,29H,3-4,13-15H2,(H2,27,28)(H,33,34). The molecule has 0 bridgehead atoms. The van der Waals surface area contributed by atoms with Crippen LogP contribution in [0.4, 0.5) is 10.6 Å². The number of fused-ring (bicyclic) bond motifs is 1. The Morgan fingerprint density at radius 3 is 2.65 bits per heavy atom. The SMILES string of the molecule is Nc1nccc2c1c(-c1ccc(CNS(=O)(=O)c3ccccc3Cl)cc1)nn2C1CCCN(C(=O)O)C1. The van der Waals surface area contributed by atoms with Crippen molar-refractivity contribution in [1.82, 2.24) is 24.4 Å². The van der Waals surface area contributed by atoms with Crippen LogP contribution in [0.3, 0.4) is 0 Å². The molecule has 0 radical (unpaired) electrons. The number of nitrogens with zero attached hydrogens (tertiary/aromatic N) is 4. The van der Waals surface area contributed by atoms with Crippen LogP contribution in [0.15, 0.2) is 65.7 Å². The largest absolute Gasteiger partial charge is 0.465 e. The van der Waals surface area contributed by atoms with E-state index in [1.165, 1.54) is 17.0 Å². The lowest BCUT2D eigenvalue weighted by Crippen LogP contribution is -2.40. The molecule has 4 N–H and O–H groups in total. The molecule has 2 aromatic carbocycles. The number of carboxylic acid groups (broad SMARTS) is 1. The molecule has 0 aliphatic carbocycles. The van der Waals surface area contributed by atoms with Crippen molar-refractivity contribution in [3.05, 3.63) is 71.4 Å². The number of rotatable bonds is 6. The first-order valence-corrected chi connectivity index (χ1v) is 13.5. The van der Waals surface area contributed by atoms with Crippen LogP contribution in [0.1, 0.15) is 24.4 Å². The van der Waals surface area contributed by atoms with Gasteiger partial charge in [-0.1, -0.05) is 48.0 Å². The van der Waals surface area contributed by atoms with Crippen LogP contribution in [0.2, 0.25) is 5.02 Å². The maximum absolute atomic E-state index is 12.6. The monoisotopic (exact) mass is 540 g/mol. The first kappa shape index (κ1) is 25.0. The Bertz CT molecular complexity index is 1570. The second kappa shape index (κ2) is 10.0. The fraction of sp³-hybridized carbons (Fsp3) is 0.240. The first-order chi connectivity index (χ1) is 17.7. The fourth-order valence-electron chi connectivity index (χ4n) is 4.62. The summed E-state index contributed by atoms with van der Waals surface area (Å²) in [6.45, 7) is 0.932. The van der Waals surface area contributed by atoms with Crippen molar-refractivity contribution in [2.45, 2.75) is 30.3 Å². The van der Waals surface area contributed by atoms with Crippen LogP contribution in [-0.2, 0) is 16.6 Å². The van der Waals surface area contributed by atoms with Gasteiger partial charge >= 0.3 is 6.09 Å². The number of nitrogens with one attached hydrogen (secondary N) is 1. The average Bonchev–Trinajstić information content (AvgIpc) is 3.29. The molecule has 1 unspecified atom stereocenters. The quantitative estimate of drug-likeness (QED) is 0.333. The second-order valence-electron chi connectivity index (χ2n) is 8.86. The topological polar surface area (TPSA) is 143 Å². The van der Waals surface area contributed by atoms with Gasteiger partial charge in [-0.3, -0.25) is 4.68 Å². The summed E-state index contributed by atoms with van der Waals surface area (Å²) in [5.41, 5.74) is 9.21. The number of halogens is 1. The van der Waals surface area contributed by atoms with Gasteiger partial charge in [-0.25, -0.2) is 22.9 Å². The number of sulfonamides is 1. The Balaban J connectivity index is 1.42. The summed E-state index contributed by atoms with van der Waals surface area (Å²) in [6, 6.07) is 15.3. The molecule has 1 fully saturated rings. The minimum atomic E-state index is -3.77. The van der Waals surface area contributed by atoms with Crippen LogP contribution in [-0.4, -0.2) is 52.4 Å². The van der Waals surface area contributed by atoms with E-state index in [0.717, 1.165) is 29.5 Å². The molecule has 1 aliphatic heterocycles. The molecule has 1 saturated heterocycles. The molecule has 2 aromatic heterocycles. The summed E-state index contributed by atoms with van der Waals surface area (Å²) in [4.78, 5) is 17.2. The molecule has 37 heavy (non-hydrogen) atoms. The molecule has 12 heteroatoms. The lowest BCUT2D eigenvalue weighted by atomic mass is 10.1. The lowest BCUT2D eigenvalue weighted by Gasteiger charge is -2.31. The van der Waals surface area contributed by atoms with Crippen molar-refractivity contribution in [3.8, 4) is 11.3 Å². The van der Waals surface area contributed by atoms with Gasteiger partial charge in [0.15, 0.2) is 0 Å². The van der Waals surface area contributed by atoms with E-state index in [9.17, 15) is 18.3 Å². The predicted octanol–water partition coefficient (Wildman–Crippen LogP) is 4.13. The molecule has 0 spiro atoms. The number of carbonyl (C=O) groups is 1. The van der Waals surface area contributed by atoms with Crippen molar-refractivity contribution in [2.75, 3.05) is 18.8 Å². The Kier molecular flexibility index (Phi) is 6.76. The number of hydrogen-bond donors (Lipinski definition) is 3. The molecular weight excluding hydrogens is 516 g/mol. The summed E-state index contributed by atoms with van der Waals surface area (Å²) in [7, 11) is -3.77. The zero-order valence-electron chi connectivity index (χ0n) is 19.7. The third-order valence-corrected chi connectivity index (χ3v) is 8.38. The Morgan fingerprint density at radius 2 is 1.92 bits per heavy atom. The van der Waals surface area contributed by atoms with Gasteiger partial charge in [0.05, 0.1) is 22.0 Å². The van der Waals surface area contributed by atoms with Crippen molar-refractivity contribution in [1.29, 1.82) is 0 Å². The van der Waals surface area contributed by atoms with Crippen molar-refractivity contribution in [2.24, 2.45) is 0 Å². The van der Waals surface area contributed by atoms with E-state index in [4.69, 9.17) is 22.4 Å². The molecule has 0 saturated carbocycles. The van der Waals surface area contributed by atoms with Crippen molar-refractivity contribution in [3.63, 3.8) is 0 Å². The molecule has 3 heterocycles. The third kappa shape index (κ3) is 4.97. The zero-order chi connectivity index (χ0) is 26.2. The highest BCUT2D eigenvalue weighted by atomic mass is 35.5. The Morgan fingerprint density at radius 1 is 1.16 bits per heavy atom. The number of amides is 1. The molecule has 10 nitrogen and oxygen atoms in total. The number of likely N-dealkylation sites (tertiary alicyclic amines) is 1. The maximum Gasteiger partial charge on any atom is 0.407 e. The first-order valence-electron chi connectivity index (χ1n) is 11.7. The minimum Gasteiger partial charge on any atom is -0.465 e. The van der Waals surface area contributed by atoms with Gasteiger partial charge in [-0.2, -0.15) is 5.10 Å². The highest BCUT2D eigenvalue weighted by Crippen LogP contribution is 2.35. The van der Waals surface area contributed by atoms with Gasteiger partial charge in [-0.05, 0) is 36.6 Å². The summed E-state index contributed by atoms with van der Waals surface area (Å²) in [5, 5.41) is 15.2. The Hall–Kier alpha value is -3.67. The van der Waals surface area contributed by atoms with Crippen LogP contribution in [0.5, 0.6) is 0 Å². The van der Waals surface area contributed by atoms with E-state index in [1.54, 1.807) is 18.3 Å². The average molecular weight is 541 g/mol. The number of nitrogens with two attached hydrogens (primary N) is 1. The van der Waals surface area contributed by atoms with E-state index in [2.05, 4.69) is 9.71 Å². The number of aromatic nitrogens is 3. The second-order valence-corrected chi connectivity index (χ2v) is 11.0. The van der Waals surface area contributed by atoms with E-state index < -0.39 is 16.1 Å². The predicted molar refractivity (Wildman–Crippen MR) is 141 cm³/mol. The fourth-order valence-corrected chi connectivity index (χ4v) is 6.16. The highest BCUT2D eigenvalue weighted by Gasteiger charge is 2.28. The lowest BCUT2D eigenvalue weighted by molar-refractivity contribution is 0.120. The zero-order valence-corrected chi connectivity index (χ0v) is 21.3. The number of piperidine rings is 1. The van der Waals surface area contributed by atoms with E-state index in [-0.39, 0.29) is 22.5 Å². The molecule has 1 amide bonds. The summed E-state index contributed by atoms with van der Waals surface area (Å²) in [5.74, 6) is 0.334. The van der Waals surface area contributed by atoms with Gasteiger partial charge in [-0.15, -0.1) is 0 Å². The van der Waals surface area contributed by atoms with Crippen molar-refractivity contribution < 1.29 is 18.3 Å². The van der Waals surface area contributed by atoms with Crippen molar-refractivity contribution >= 4 is 44.4 Å². The molecule has 192 valence electrons. The van der Waals surface area contributed by atoms with Gasteiger partial charge < -0.3 is 15.7 Å². The van der Waals surface area contributed by atoms with Crippen LogP contribution in [0, 0.1) is 0 Å². The maximum atomic E-state index is 12.6. The third-order valence-electron chi connectivity index (χ3n) is 6.48. The number of benzene rings is 2. The van der Waals surface area contributed by atoms with Crippen LogP contribution >= 0.6 is 11.6 Å². The van der Waals surface area contributed by atoms with Crippen LogP contribution < -0.4 is 10.5 Å².